The fourth-order valence-corrected chi connectivity index (χ4v) is 1.46. The van der Waals surface area contributed by atoms with Crippen LogP contribution in [0.1, 0.15) is 24.2 Å². The summed E-state index contributed by atoms with van der Waals surface area (Å²) in [4.78, 5) is 32.5. The zero-order valence-corrected chi connectivity index (χ0v) is 11.4. The molecule has 0 aliphatic rings. The molecule has 7 nitrogen and oxygen atoms in total. The number of carbonyl (C=O) groups excluding carboxylic acids is 2. The zero-order valence-electron chi connectivity index (χ0n) is 11.4. The molecule has 0 saturated carbocycles. The Morgan fingerprint density at radius 3 is 2.60 bits per heavy atom. The first kappa shape index (κ1) is 15.6. The predicted octanol–water partition coefficient (Wildman–Crippen LogP) is 1.99. The van der Waals surface area contributed by atoms with Crippen molar-refractivity contribution in [3.05, 3.63) is 33.9 Å². The molecule has 0 N–H and O–H groups in total. The van der Waals surface area contributed by atoms with Gasteiger partial charge in [-0.3, -0.25) is 19.7 Å². The first-order valence-electron chi connectivity index (χ1n) is 5.76. The van der Waals surface area contributed by atoms with Crippen LogP contribution in [-0.4, -0.2) is 30.9 Å². The highest BCUT2D eigenvalue weighted by molar-refractivity contribution is 5.77. The van der Waals surface area contributed by atoms with Crippen LogP contribution in [0.25, 0.3) is 0 Å². The Labute approximate surface area is 115 Å². The van der Waals surface area contributed by atoms with Gasteiger partial charge in [0.2, 0.25) is 0 Å². The van der Waals surface area contributed by atoms with Crippen molar-refractivity contribution in [1.29, 1.82) is 0 Å². The molecule has 0 aliphatic carbocycles. The van der Waals surface area contributed by atoms with Gasteiger partial charge in [-0.05, 0) is 26.0 Å². The number of methoxy groups -OCH3 is 1. The first-order chi connectivity index (χ1) is 9.31. The van der Waals surface area contributed by atoms with Crippen molar-refractivity contribution in [2.24, 2.45) is 5.41 Å². The van der Waals surface area contributed by atoms with Crippen LogP contribution in [0.3, 0.4) is 0 Å². The normalized spacial score (nSPS) is 10.8. The molecule has 0 heterocycles. The molecule has 1 aromatic rings. The molecule has 7 heteroatoms. The van der Waals surface area contributed by atoms with Crippen molar-refractivity contribution in [2.45, 2.75) is 13.8 Å². The minimum absolute atomic E-state index is 0.0587. The molecule has 0 aromatic heterocycles. The Balaban J connectivity index is 2.99. The van der Waals surface area contributed by atoms with E-state index >= 15 is 0 Å². The van der Waals surface area contributed by atoms with Crippen LogP contribution in [0.5, 0.6) is 5.75 Å². The molecule has 0 fully saturated rings. The summed E-state index contributed by atoms with van der Waals surface area (Å²) in [5, 5.41) is 10.9. The van der Waals surface area contributed by atoms with E-state index in [0.717, 1.165) is 0 Å². The summed E-state index contributed by atoms with van der Waals surface area (Å²) in [5.41, 5.74) is -0.975. The van der Waals surface area contributed by atoms with Gasteiger partial charge in [0.05, 0.1) is 17.4 Å². The molecule has 1 aromatic carbocycles. The van der Waals surface area contributed by atoms with Crippen LogP contribution in [0.15, 0.2) is 18.2 Å². The van der Waals surface area contributed by atoms with Crippen molar-refractivity contribution in [1.82, 2.24) is 0 Å². The molecular formula is C13H15NO6. The van der Waals surface area contributed by atoms with Crippen molar-refractivity contribution >= 4 is 17.9 Å². The van der Waals surface area contributed by atoms with Gasteiger partial charge in [0.15, 0.2) is 5.75 Å². The molecule has 0 amide bonds. The number of nitrogens with zero attached hydrogens (tertiary/aromatic N) is 1. The van der Waals surface area contributed by atoms with Gasteiger partial charge in [-0.25, -0.2) is 0 Å². The number of aldehydes is 1. The third-order valence-corrected chi connectivity index (χ3v) is 2.64. The Morgan fingerprint density at radius 2 is 2.10 bits per heavy atom. The van der Waals surface area contributed by atoms with E-state index in [-0.39, 0.29) is 23.6 Å². The summed E-state index contributed by atoms with van der Waals surface area (Å²) < 4.78 is 9.94. The third-order valence-electron chi connectivity index (χ3n) is 2.64. The van der Waals surface area contributed by atoms with E-state index in [1.807, 2.05) is 0 Å². The summed E-state index contributed by atoms with van der Waals surface area (Å²) in [6.07, 6.45) is 0.558. The number of rotatable bonds is 6. The Bertz CT molecular complexity index is 538. The maximum atomic E-state index is 11.5. The molecular weight excluding hydrogens is 266 g/mol. The van der Waals surface area contributed by atoms with Crippen LogP contribution in [-0.2, 0) is 9.53 Å². The highest BCUT2D eigenvalue weighted by Gasteiger charge is 2.30. The fraction of sp³-hybridized carbons (Fsp3) is 0.385. The molecule has 108 valence electrons. The lowest BCUT2D eigenvalue weighted by Crippen LogP contribution is -2.32. The van der Waals surface area contributed by atoms with E-state index in [0.29, 0.717) is 6.29 Å². The molecule has 0 saturated heterocycles. The summed E-state index contributed by atoms with van der Waals surface area (Å²) in [6, 6.07) is 3.77. The number of carbonyl (C=O) groups is 2. The maximum absolute atomic E-state index is 11.5. The quantitative estimate of drug-likeness (QED) is 0.342. The largest absolute Gasteiger partial charge is 0.486 e. The number of ether oxygens (including phenoxy) is 2. The average Bonchev–Trinajstić information content (AvgIpc) is 2.43. The molecule has 0 radical (unpaired) electrons. The van der Waals surface area contributed by atoms with Crippen molar-refractivity contribution in [3.63, 3.8) is 0 Å². The first-order valence-corrected chi connectivity index (χ1v) is 5.76. The second kappa shape index (κ2) is 6.14. The minimum atomic E-state index is -0.959. The van der Waals surface area contributed by atoms with Gasteiger partial charge in [0, 0.05) is 11.6 Å². The number of esters is 1. The number of nitro groups is 1. The van der Waals surface area contributed by atoms with E-state index in [9.17, 15) is 19.7 Å². The number of hydrogen-bond acceptors (Lipinski definition) is 6. The molecule has 0 unspecified atom stereocenters. The van der Waals surface area contributed by atoms with Gasteiger partial charge < -0.3 is 9.47 Å². The van der Waals surface area contributed by atoms with Crippen LogP contribution in [0.2, 0.25) is 0 Å². The lowest BCUT2D eigenvalue weighted by atomic mass is 9.95. The van der Waals surface area contributed by atoms with Gasteiger partial charge in [-0.15, -0.1) is 0 Å². The average molecular weight is 281 g/mol. The second-order valence-corrected chi connectivity index (χ2v) is 4.77. The Hall–Kier alpha value is -2.44. The van der Waals surface area contributed by atoms with E-state index in [2.05, 4.69) is 4.74 Å². The van der Waals surface area contributed by atoms with E-state index in [4.69, 9.17) is 4.74 Å². The number of hydrogen-bond donors (Lipinski definition) is 0. The molecule has 1 rings (SSSR count). The second-order valence-electron chi connectivity index (χ2n) is 4.77. The topological polar surface area (TPSA) is 95.7 Å². The Kier molecular flexibility index (Phi) is 4.79. The minimum Gasteiger partial charge on any atom is -0.486 e. The molecule has 0 aliphatic heterocycles. The van der Waals surface area contributed by atoms with Gasteiger partial charge in [0.25, 0.3) is 0 Å². The summed E-state index contributed by atoms with van der Waals surface area (Å²) >= 11 is 0. The maximum Gasteiger partial charge on any atom is 0.314 e. The van der Waals surface area contributed by atoms with Crippen LogP contribution >= 0.6 is 0 Å². The standard InChI is InChI=1S/C13H15NO6/c1-13(2,12(16)19-3)8-20-11-6-9(7-15)4-5-10(11)14(17)18/h4-7H,8H2,1-3H3. The lowest BCUT2D eigenvalue weighted by Gasteiger charge is -2.21. The SMILES string of the molecule is COC(=O)C(C)(C)COc1cc(C=O)ccc1[N+](=O)[O-]. The summed E-state index contributed by atoms with van der Waals surface area (Å²) in [7, 11) is 1.25. The number of nitro benzene ring substituents is 1. The highest BCUT2D eigenvalue weighted by atomic mass is 16.6. The number of benzene rings is 1. The summed E-state index contributed by atoms with van der Waals surface area (Å²) in [5.74, 6) is -0.553. The van der Waals surface area contributed by atoms with Crippen LogP contribution in [0.4, 0.5) is 5.69 Å². The Morgan fingerprint density at radius 1 is 1.45 bits per heavy atom. The monoisotopic (exact) mass is 281 g/mol. The van der Waals surface area contributed by atoms with Crippen molar-refractivity contribution in [2.75, 3.05) is 13.7 Å². The van der Waals surface area contributed by atoms with Gasteiger partial charge in [-0.1, -0.05) is 0 Å². The molecule has 0 spiro atoms. The van der Waals surface area contributed by atoms with E-state index in [1.165, 1.54) is 25.3 Å². The van der Waals surface area contributed by atoms with E-state index in [1.54, 1.807) is 13.8 Å². The smallest absolute Gasteiger partial charge is 0.314 e. The van der Waals surface area contributed by atoms with Crippen molar-refractivity contribution in [3.8, 4) is 5.75 Å². The van der Waals surface area contributed by atoms with Crippen molar-refractivity contribution < 1.29 is 24.0 Å². The molecule has 0 bridgehead atoms. The van der Waals surface area contributed by atoms with E-state index < -0.39 is 16.3 Å². The van der Waals surface area contributed by atoms with Crippen LogP contribution in [0, 0.1) is 15.5 Å². The highest BCUT2D eigenvalue weighted by Crippen LogP contribution is 2.29. The third kappa shape index (κ3) is 3.53. The zero-order chi connectivity index (χ0) is 15.3. The van der Waals surface area contributed by atoms with Gasteiger partial charge in [0.1, 0.15) is 12.9 Å². The fourth-order valence-electron chi connectivity index (χ4n) is 1.46. The molecule has 0 atom stereocenters. The molecule has 20 heavy (non-hydrogen) atoms. The lowest BCUT2D eigenvalue weighted by molar-refractivity contribution is -0.385. The predicted molar refractivity (Wildman–Crippen MR) is 69.8 cm³/mol. The van der Waals surface area contributed by atoms with Gasteiger partial charge >= 0.3 is 11.7 Å². The van der Waals surface area contributed by atoms with Gasteiger partial charge in [-0.2, -0.15) is 0 Å². The summed E-state index contributed by atoms with van der Waals surface area (Å²) in [6.45, 7) is 3.07. The van der Waals surface area contributed by atoms with Crippen LogP contribution < -0.4 is 4.74 Å².